The maximum absolute atomic E-state index is 13.8. The van der Waals surface area contributed by atoms with Gasteiger partial charge in [0, 0.05) is 41.7 Å². The third-order valence-corrected chi connectivity index (χ3v) is 9.89. The number of anilines is 1. The summed E-state index contributed by atoms with van der Waals surface area (Å²) < 4.78 is 53.1. The maximum Gasteiger partial charge on any atom is 0.417 e. The molecule has 3 aliphatic rings. The second-order valence-electron chi connectivity index (χ2n) is 11.7. The Hall–Kier alpha value is -3.44. The lowest BCUT2D eigenvalue weighted by Gasteiger charge is -2.39. The summed E-state index contributed by atoms with van der Waals surface area (Å²) in [7, 11) is 1.38. The third kappa shape index (κ3) is 4.86. The van der Waals surface area contributed by atoms with Crippen LogP contribution in [0.5, 0.6) is 0 Å². The molecule has 1 aliphatic carbocycles. The summed E-state index contributed by atoms with van der Waals surface area (Å²) in [5.74, 6) is 0.581. The molecule has 0 spiro atoms. The summed E-state index contributed by atoms with van der Waals surface area (Å²) in [6.45, 7) is 2.38. The molecular weight excluding hydrogens is 565 g/mol. The van der Waals surface area contributed by atoms with Crippen LogP contribution in [0.1, 0.15) is 77.3 Å². The lowest BCUT2D eigenvalue weighted by molar-refractivity contribution is -0.137. The molecule has 2 aromatic heterocycles. The van der Waals surface area contributed by atoms with Gasteiger partial charge in [-0.25, -0.2) is 9.78 Å². The monoisotopic (exact) mass is 596 g/mol. The molecule has 0 amide bonds. The molecule has 7 rings (SSSR count). The Balaban J connectivity index is 1.11. The van der Waals surface area contributed by atoms with Crippen LogP contribution in [0.25, 0.3) is 21.5 Å². The number of hydrogen-bond donors (Lipinski definition) is 1. The number of esters is 1. The fraction of sp³-hybridized carbons (Fsp3) is 0.452. The molecule has 4 aromatic rings. The molecule has 2 saturated heterocycles. The first kappa shape index (κ1) is 27.4. The minimum Gasteiger partial charge on any atom is -0.465 e. The van der Waals surface area contributed by atoms with Gasteiger partial charge in [-0.15, -0.1) is 0 Å². The van der Waals surface area contributed by atoms with Crippen LogP contribution >= 0.6 is 11.3 Å². The van der Waals surface area contributed by atoms with E-state index < -0.39 is 11.7 Å². The lowest BCUT2D eigenvalue weighted by atomic mass is 9.96. The van der Waals surface area contributed by atoms with Crippen molar-refractivity contribution in [3.63, 3.8) is 0 Å². The Morgan fingerprint density at radius 1 is 1.14 bits per heavy atom. The number of carbonyl (C=O) groups excluding carboxylic acids is 1. The van der Waals surface area contributed by atoms with Gasteiger partial charge in [0.05, 0.1) is 28.5 Å². The van der Waals surface area contributed by atoms with Crippen molar-refractivity contribution < 1.29 is 27.2 Å². The highest BCUT2D eigenvalue weighted by Crippen LogP contribution is 2.46. The number of nitrogens with one attached hydrogen (secondary N) is 1. The number of alkyl halides is 3. The van der Waals surface area contributed by atoms with Gasteiger partial charge in [0.1, 0.15) is 11.5 Å². The number of aryl methyl sites for hydroxylation is 1. The van der Waals surface area contributed by atoms with E-state index >= 15 is 0 Å². The van der Waals surface area contributed by atoms with E-state index in [9.17, 15) is 18.0 Å². The van der Waals surface area contributed by atoms with Crippen LogP contribution in [0.3, 0.4) is 0 Å². The van der Waals surface area contributed by atoms with E-state index in [2.05, 4.69) is 15.4 Å². The molecule has 2 aliphatic heterocycles. The molecule has 11 heteroatoms. The number of piperidine rings is 1. The summed E-state index contributed by atoms with van der Waals surface area (Å²) in [5.41, 5.74) is 2.78. The van der Waals surface area contributed by atoms with E-state index in [0.29, 0.717) is 30.0 Å². The first-order valence-corrected chi connectivity index (χ1v) is 15.2. The van der Waals surface area contributed by atoms with Gasteiger partial charge in [-0.2, -0.15) is 13.2 Å². The lowest BCUT2D eigenvalue weighted by Crippen LogP contribution is -2.49. The SMILES string of the molecule is COC(=O)c1cc(C)c2nc(N3C4CCC3CC(NCc3c(-c5ccccc5C(F)(F)F)noc3C3CC3)C4)sc2c1. The molecule has 42 heavy (non-hydrogen) atoms. The van der Waals surface area contributed by atoms with E-state index in [-0.39, 0.29) is 29.2 Å². The van der Waals surface area contributed by atoms with Gasteiger partial charge >= 0.3 is 12.1 Å². The van der Waals surface area contributed by atoms with E-state index in [1.165, 1.54) is 19.2 Å². The fourth-order valence-corrected chi connectivity index (χ4v) is 7.97. The molecule has 2 aromatic carbocycles. The molecule has 1 saturated carbocycles. The quantitative estimate of drug-likeness (QED) is 0.226. The Bertz CT molecular complexity index is 1650. The van der Waals surface area contributed by atoms with Crippen molar-refractivity contribution in [3.8, 4) is 11.3 Å². The zero-order valence-electron chi connectivity index (χ0n) is 23.3. The molecule has 3 fully saturated rings. The Morgan fingerprint density at radius 2 is 1.88 bits per heavy atom. The largest absolute Gasteiger partial charge is 0.465 e. The van der Waals surface area contributed by atoms with E-state index in [1.54, 1.807) is 17.4 Å². The van der Waals surface area contributed by atoms with Crippen LogP contribution in [0.15, 0.2) is 40.9 Å². The number of methoxy groups -OCH3 is 1. The Labute approximate surface area is 245 Å². The number of ether oxygens (including phenoxy) is 1. The number of rotatable bonds is 7. The van der Waals surface area contributed by atoms with Crippen LogP contribution in [-0.4, -0.2) is 41.3 Å². The van der Waals surface area contributed by atoms with Crippen molar-refractivity contribution in [1.29, 1.82) is 0 Å². The second-order valence-corrected chi connectivity index (χ2v) is 12.7. The number of benzene rings is 2. The highest BCUT2D eigenvalue weighted by Gasteiger charge is 2.43. The van der Waals surface area contributed by atoms with Crippen LogP contribution < -0.4 is 10.2 Å². The molecule has 220 valence electrons. The number of aromatic nitrogens is 2. The topological polar surface area (TPSA) is 80.5 Å². The molecular formula is C31H31F3N4O3S. The predicted molar refractivity (Wildman–Crippen MR) is 154 cm³/mol. The summed E-state index contributed by atoms with van der Waals surface area (Å²) in [4.78, 5) is 19.6. The van der Waals surface area contributed by atoms with E-state index in [4.69, 9.17) is 14.2 Å². The van der Waals surface area contributed by atoms with Crippen LogP contribution in [0, 0.1) is 6.92 Å². The zero-order valence-corrected chi connectivity index (χ0v) is 24.1. The number of halogens is 3. The van der Waals surface area contributed by atoms with Gasteiger partial charge in [0.25, 0.3) is 0 Å². The third-order valence-electron chi connectivity index (χ3n) is 8.87. The van der Waals surface area contributed by atoms with Crippen molar-refractivity contribution in [2.75, 3.05) is 12.0 Å². The predicted octanol–water partition coefficient (Wildman–Crippen LogP) is 7.23. The van der Waals surface area contributed by atoms with Crippen molar-refractivity contribution in [2.45, 2.75) is 82.2 Å². The fourth-order valence-electron chi connectivity index (χ4n) is 6.74. The zero-order chi connectivity index (χ0) is 29.2. The molecule has 7 nitrogen and oxygen atoms in total. The number of fused-ring (bicyclic) bond motifs is 3. The average Bonchev–Trinajstić information content (AvgIpc) is 3.48. The molecule has 2 atom stereocenters. The van der Waals surface area contributed by atoms with Gasteiger partial charge in [-0.3, -0.25) is 0 Å². The Morgan fingerprint density at radius 3 is 2.57 bits per heavy atom. The number of carbonyl (C=O) groups is 1. The van der Waals surface area contributed by atoms with Crippen molar-refractivity contribution in [3.05, 3.63) is 64.4 Å². The summed E-state index contributed by atoms with van der Waals surface area (Å²) >= 11 is 1.61. The van der Waals surface area contributed by atoms with Crippen molar-refractivity contribution in [1.82, 2.24) is 15.5 Å². The van der Waals surface area contributed by atoms with Crippen LogP contribution in [0.4, 0.5) is 18.3 Å². The summed E-state index contributed by atoms with van der Waals surface area (Å²) in [6, 6.07) is 10.1. The van der Waals surface area contributed by atoms with Crippen LogP contribution in [-0.2, 0) is 17.5 Å². The maximum atomic E-state index is 13.8. The van der Waals surface area contributed by atoms with Crippen LogP contribution in [0.2, 0.25) is 0 Å². The van der Waals surface area contributed by atoms with Crippen molar-refractivity contribution in [2.24, 2.45) is 0 Å². The molecule has 1 N–H and O–H groups in total. The summed E-state index contributed by atoms with van der Waals surface area (Å²) in [5, 5.41) is 8.82. The summed E-state index contributed by atoms with van der Waals surface area (Å²) in [6.07, 6.45) is 1.41. The number of nitrogens with zero attached hydrogens (tertiary/aromatic N) is 3. The molecule has 4 heterocycles. The van der Waals surface area contributed by atoms with E-state index in [0.717, 1.165) is 71.1 Å². The smallest absolute Gasteiger partial charge is 0.417 e. The van der Waals surface area contributed by atoms with Gasteiger partial charge < -0.3 is 19.5 Å². The van der Waals surface area contributed by atoms with Gasteiger partial charge in [-0.05, 0) is 69.2 Å². The highest BCUT2D eigenvalue weighted by molar-refractivity contribution is 7.22. The first-order valence-electron chi connectivity index (χ1n) is 14.4. The van der Waals surface area contributed by atoms with Crippen molar-refractivity contribution >= 4 is 32.7 Å². The molecule has 0 radical (unpaired) electrons. The number of thiazole rings is 1. The Kier molecular flexibility index (Phi) is 6.77. The highest BCUT2D eigenvalue weighted by atomic mass is 32.1. The standard InChI is InChI=1S/C31H31F3N4O3S/c1-16-11-18(29(39)40-2)12-25-26(16)36-30(42-25)38-20-9-10-21(38)14-19(13-20)35-15-23-27(37-41-28(23)17-7-8-17)22-5-3-4-6-24(22)31(32,33)34/h3-6,11-12,17,19-21,35H,7-10,13-15H2,1-2H3. The normalized spacial score (nSPS) is 22.2. The van der Waals surface area contributed by atoms with Gasteiger partial charge in [0.15, 0.2) is 5.13 Å². The first-order chi connectivity index (χ1) is 20.2. The minimum absolute atomic E-state index is 0.0637. The number of hydrogen-bond acceptors (Lipinski definition) is 8. The average molecular weight is 597 g/mol. The van der Waals surface area contributed by atoms with E-state index in [1.807, 2.05) is 19.1 Å². The molecule has 2 bridgehead atoms. The minimum atomic E-state index is -4.48. The van der Waals surface area contributed by atoms with Gasteiger partial charge in [0.2, 0.25) is 0 Å². The van der Waals surface area contributed by atoms with Gasteiger partial charge in [-0.1, -0.05) is 34.7 Å². The molecule has 2 unspecified atom stereocenters. The second kappa shape index (κ2) is 10.4.